The van der Waals surface area contributed by atoms with Gasteiger partial charge >= 0.3 is 0 Å². The van der Waals surface area contributed by atoms with E-state index in [-0.39, 0.29) is 12.0 Å². The van der Waals surface area contributed by atoms with Crippen molar-refractivity contribution in [2.24, 2.45) is 0 Å². The van der Waals surface area contributed by atoms with E-state index in [4.69, 9.17) is 5.11 Å². The first kappa shape index (κ1) is 12.3. The van der Waals surface area contributed by atoms with Crippen molar-refractivity contribution in [3.63, 3.8) is 0 Å². The molecule has 1 saturated carbocycles. The highest BCUT2D eigenvalue weighted by atomic mass is 16.2. The van der Waals surface area contributed by atoms with Gasteiger partial charge in [0.2, 0.25) is 0 Å². The van der Waals surface area contributed by atoms with Crippen LogP contribution in [0.2, 0.25) is 0 Å². The molecule has 0 bridgehead atoms. The highest BCUT2D eigenvalue weighted by Gasteiger charge is 2.35. The molecule has 0 saturated heterocycles. The first-order valence-corrected chi connectivity index (χ1v) is 6.45. The third-order valence-electron chi connectivity index (χ3n) is 3.96. The third-order valence-corrected chi connectivity index (χ3v) is 3.96. The molecule has 0 aromatic heterocycles. The Morgan fingerprint density at radius 3 is 2.35 bits per heavy atom. The van der Waals surface area contributed by atoms with Crippen molar-refractivity contribution < 1.29 is 9.90 Å². The fourth-order valence-electron chi connectivity index (χ4n) is 2.90. The third kappa shape index (κ3) is 2.75. The van der Waals surface area contributed by atoms with Crippen LogP contribution in [0.5, 0.6) is 0 Å². The van der Waals surface area contributed by atoms with E-state index in [0.29, 0.717) is 18.6 Å². The summed E-state index contributed by atoms with van der Waals surface area (Å²) < 4.78 is 0. The average Bonchev–Trinajstić information content (AvgIpc) is 2.40. The quantitative estimate of drug-likeness (QED) is 0.866. The zero-order chi connectivity index (χ0) is 12.1. The monoisotopic (exact) mass is 232 g/mol. The number of ketones is 1. The van der Waals surface area contributed by atoms with E-state index >= 15 is 0 Å². The molecule has 2 nitrogen and oxygen atoms in total. The van der Waals surface area contributed by atoms with Crippen LogP contribution in [0.4, 0.5) is 0 Å². The number of aliphatic hydroxyl groups is 1. The minimum atomic E-state index is 0.123. The molecule has 0 aliphatic heterocycles. The molecule has 17 heavy (non-hydrogen) atoms. The number of aliphatic hydroxyl groups excluding tert-OH is 1. The minimum Gasteiger partial charge on any atom is -0.396 e. The summed E-state index contributed by atoms with van der Waals surface area (Å²) in [5, 5.41) is 9.04. The van der Waals surface area contributed by atoms with Gasteiger partial charge in [0.05, 0.1) is 0 Å². The van der Waals surface area contributed by atoms with E-state index < -0.39 is 0 Å². The molecule has 2 heteroatoms. The van der Waals surface area contributed by atoms with Gasteiger partial charge in [-0.2, -0.15) is 0 Å². The lowest BCUT2D eigenvalue weighted by atomic mass is 9.66. The van der Waals surface area contributed by atoms with Crippen molar-refractivity contribution in [3.8, 4) is 0 Å². The van der Waals surface area contributed by atoms with Crippen LogP contribution in [0, 0.1) is 0 Å². The van der Waals surface area contributed by atoms with Gasteiger partial charge < -0.3 is 5.11 Å². The van der Waals surface area contributed by atoms with Crippen LogP contribution < -0.4 is 0 Å². The van der Waals surface area contributed by atoms with E-state index in [1.165, 1.54) is 5.56 Å². The molecular formula is C15H20O2. The summed E-state index contributed by atoms with van der Waals surface area (Å²) in [4.78, 5) is 11.4. The first-order valence-electron chi connectivity index (χ1n) is 6.45. The number of hydrogen-bond acceptors (Lipinski definition) is 2. The molecule has 2 rings (SSSR count). The van der Waals surface area contributed by atoms with Crippen molar-refractivity contribution >= 4 is 5.78 Å². The molecule has 1 aliphatic rings. The predicted octanol–water partition coefficient (Wildman–Crippen LogP) is 2.84. The summed E-state index contributed by atoms with van der Waals surface area (Å²) in [5.41, 5.74) is 1.46. The zero-order valence-electron chi connectivity index (χ0n) is 10.2. The molecule has 0 atom stereocenters. The fraction of sp³-hybridized carbons (Fsp3) is 0.533. The van der Waals surface area contributed by atoms with Gasteiger partial charge in [0.25, 0.3) is 0 Å². The summed E-state index contributed by atoms with van der Waals surface area (Å²) in [6.07, 6.45) is 5.08. The topological polar surface area (TPSA) is 37.3 Å². The van der Waals surface area contributed by atoms with Crippen LogP contribution in [0.1, 0.15) is 44.1 Å². The second-order valence-electron chi connectivity index (χ2n) is 5.01. The largest absolute Gasteiger partial charge is 0.396 e. The molecule has 1 aromatic carbocycles. The number of benzene rings is 1. The van der Waals surface area contributed by atoms with Gasteiger partial charge in [-0.1, -0.05) is 30.3 Å². The zero-order valence-corrected chi connectivity index (χ0v) is 10.2. The lowest BCUT2D eigenvalue weighted by Gasteiger charge is -2.37. The van der Waals surface area contributed by atoms with Crippen LogP contribution in [-0.2, 0) is 10.2 Å². The molecular weight excluding hydrogens is 212 g/mol. The van der Waals surface area contributed by atoms with Crippen molar-refractivity contribution in [2.45, 2.75) is 43.9 Å². The second kappa shape index (κ2) is 5.46. The Balaban J connectivity index is 2.21. The van der Waals surface area contributed by atoms with Crippen LogP contribution in [0.25, 0.3) is 0 Å². The molecule has 0 spiro atoms. The predicted molar refractivity (Wildman–Crippen MR) is 67.9 cm³/mol. The van der Waals surface area contributed by atoms with E-state index in [9.17, 15) is 4.79 Å². The normalized spacial score (nSPS) is 19.2. The van der Waals surface area contributed by atoms with Gasteiger partial charge in [0, 0.05) is 19.4 Å². The number of carbonyl (C=O) groups excluding carboxylic acids is 1. The summed E-state index contributed by atoms with van der Waals surface area (Å²) >= 11 is 0. The fourth-order valence-corrected chi connectivity index (χ4v) is 2.90. The summed E-state index contributed by atoms with van der Waals surface area (Å²) in [5.74, 6) is 0.389. The van der Waals surface area contributed by atoms with Crippen LogP contribution in [-0.4, -0.2) is 17.5 Å². The van der Waals surface area contributed by atoms with Gasteiger partial charge in [-0.25, -0.2) is 0 Å². The number of rotatable bonds is 4. The molecule has 0 unspecified atom stereocenters. The molecule has 1 aromatic rings. The van der Waals surface area contributed by atoms with Gasteiger partial charge in [0.15, 0.2) is 0 Å². The molecule has 1 aliphatic carbocycles. The lowest BCUT2D eigenvalue weighted by Crippen LogP contribution is -2.32. The maximum atomic E-state index is 11.4. The Labute approximate surface area is 103 Å². The number of Topliss-reactive ketones (excluding diaryl/α,β-unsaturated/α-hetero) is 1. The highest BCUT2D eigenvalue weighted by molar-refractivity contribution is 5.79. The van der Waals surface area contributed by atoms with Crippen LogP contribution in [0.3, 0.4) is 0 Å². The highest BCUT2D eigenvalue weighted by Crippen LogP contribution is 2.41. The van der Waals surface area contributed by atoms with Crippen molar-refractivity contribution in [2.75, 3.05) is 6.61 Å². The maximum absolute atomic E-state index is 11.4. The average molecular weight is 232 g/mol. The molecule has 1 N–H and O–H groups in total. The summed E-state index contributed by atoms with van der Waals surface area (Å²) in [6.45, 7) is 0.239. The van der Waals surface area contributed by atoms with Crippen LogP contribution in [0.15, 0.2) is 30.3 Å². The van der Waals surface area contributed by atoms with Gasteiger partial charge in [0.1, 0.15) is 5.78 Å². The Morgan fingerprint density at radius 2 is 1.76 bits per heavy atom. The van der Waals surface area contributed by atoms with Crippen molar-refractivity contribution in [1.82, 2.24) is 0 Å². The number of hydrogen-bond donors (Lipinski definition) is 1. The van der Waals surface area contributed by atoms with Crippen molar-refractivity contribution in [1.29, 1.82) is 0 Å². The standard InChI is InChI=1S/C15H20O2/c16-12-4-9-15(10-7-14(17)8-11-15)13-5-2-1-3-6-13/h1-3,5-6,16H,4,7-12H2. The Bertz CT molecular complexity index is 360. The molecule has 1 fully saturated rings. The molecule has 92 valence electrons. The van der Waals surface area contributed by atoms with Crippen molar-refractivity contribution in [3.05, 3.63) is 35.9 Å². The summed E-state index contributed by atoms with van der Waals surface area (Å²) in [6, 6.07) is 10.5. The molecule has 0 radical (unpaired) electrons. The SMILES string of the molecule is O=C1CCC(CCCO)(c2ccccc2)CC1. The Morgan fingerprint density at radius 1 is 1.12 bits per heavy atom. The van der Waals surface area contributed by atoms with E-state index in [1.807, 2.05) is 6.07 Å². The van der Waals surface area contributed by atoms with Gasteiger partial charge in [-0.15, -0.1) is 0 Å². The Kier molecular flexibility index (Phi) is 3.95. The molecule has 0 amide bonds. The smallest absolute Gasteiger partial charge is 0.132 e. The van der Waals surface area contributed by atoms with Gasteiger partial charge in [-0.05, 0) is 36.7 Å². The van der Waals surface area contributed by atoms with E-state index in [2.05, 4.69) is 24.3 Å². The Hall–Kier alpha value is -1.15. The van der Waals surface area contributed by atoms with Gasteiger partial charge in [-0.3, -0.25) is 4.79 Å². The van der Waals surface area contributed by atoms with Crippen LogP contribution >= 0.6 is 0 Å². The van der Waals surface area contributed by atoms with E-state index in [1.54, 1.807) is 0 Å². The second-order valence-corrected chi connectivity index (χ2v) is 5.01. The first-order chi connectivity index (χ1) is 8.27. The summed E-state index contributed by atoms with van der Waals surface area (Å²) in [7, 11) is 0. The minimum absolute atomic E-state index is 0.123. The lowest BCUT2D eigenvalue weighted by molar-refractivity contribution is -0.121. The number of carbonyl (C=O) groups is 1. The van der Waals surface area contributed by atoms with E-state index in [0.717, 1.165) is 25.7 Å². The molecule has 0 heterocycles. The maximum Gasteiger partial charge on any atom is 0.132 e.